The van der Waals surface area contributed by atoms with Gasteiger partial charge >= 0.3 is 0 Å². The molecule has 1 aromatic carbocycles. The molecule has 0 unspecified atom stereocenters. The molecule has 31 heavy (non-hydrogen) atoms. The zero-order chi connectivity index (χ0) is 21.5. The molecule has 7 heteroatoms. The quantitative estimate of drug-likeness (QED) is 0.690. The number of imidazole rings is 1. The lowest BCUT2D eigenvalue weighted by molar-refractivity contribution is 0.0312. The van der Waals surface area contributed by atoms with Crippen molar-refractivity contribution in [1.82, 2.24) is 19.8 Å². The molecule has 0 bridgehead atoms. The van der Waals surface area contributed by atoms with Crippen molar-refractivity contribution in [2.75, 3.05) is 32.8 Å². The van der Waals surface area contributed by atoms with Crippen LogP contribution in [0.25, 0.3) is 11.0 Å². The lowest BCUT2D eigenvalue weighted by Crippen LogP contribution is -2.35. The van der Waals surface area contributed by atoms with Crippen LogP contribution in [0.15, 0.2) is 22.6 Å². The van der Waals surface area contributed by atoms with Gasteiger partial charge in [0.05, 0.1) is 42.4 Å². The summed E-state index contributed by atoms with van der Waals surface area (Å²) in [5, 5.41) is 0. The second kappa shape index (κ2) is 8.13. The molecule has 1 amide bonds. The van der Waals surface area contributed by atoms with Crippen LogP contribution in [0.4, 0.5) is 0 Å². The van der Waals surface area contributed by atoms with E-state index in [1.165, 1.54) is 11.1 Å². The number of carbonyl (C=O) groups is 1. The predicted molar refractivity (Wildman–Crippen MR) is 118 cm³/mol. The number of amides is 1. The van der Waals surface area contributed by atoms with Crippen LogP contribution in [0, 0.1) is 20.8 Å². The lowest BCUT2D eigenvalue weighted by Gasteiger charge is -2.25. The van der Waals surface area contributed by atoms with Crippen molar-refractivity contribution >= 4 is 16.9 Å². The molecule has 1 N–H and O–H groups in total. The Kier molecular flexibility index (Phi) is 5.32. The average molecular weight is 423 g/mol. The minimum Gasteiger partial charge on any atom is -0.464 e. The summed E-state index contributed by atoms with van der Waals surface area (Å²) in [5.74, 6) is 2.44. The zero-order valence-electron chi connectivity index (χ0n) is 18.5. The van der Waals surface area contributed by atoms with Gasteiger partial charge in [0.2, 0.25) is 0 Å². The number of aryl methyl sites for hydroxylation is 3. The molecule has 164 valence electrons. The Bertz CT molecular complexity index is 1070. The number of nitrogens with zero attached hydrogens (tertiary/aromatic N) is 3. The third kappa shape index (κ3) is 3.88. The molecule has 2 aliphatic rings. The van der Waals surface area contributed by atoms with E-state index in [2.05, 4.69) is 35.9 Å². The van der Waals surface area contributed by atoms with Crippen molar-refractivity contribution < 1.29 is 13.9 Å². The fraction of sp³-hybridized carbons (Fsp3) is 0.500. The number of hydrogen-bond acceptors (Lipinski definition) is 5. The molecule has 0 spiro atoms. The lowest BCUT2D eigenvalue weighted by atomic mass is 10.1. The summed E-state index contributed by atoms with van der Waals surface area (Å²) in [6, 6.07) is 6.15. The van der Waals surface area contributed by atoms with Gasteiger partial charge in [-0.1, -0.05) is 0 Å². The summed E-state index contributed by atoms with van der Waals surface area (Å²) in [5.41, 5.74) is 5.13. The Morgan fingerprint density at radius 1 is 1.13 bits per heavy atom. The minimum absolute atomic E-state index is 0.0301. The van der Waals surface area contributed by atoms with Gasteiger partial charge in [0.25, 0.3) is 5.91 Å². The number of benzene rings is 1. The number of carbonyl (C=O) groups excluding carboxylic acids is 1. The van der Waals surface area contributed by atoms with Crippen molar-refractivity contribution in [2.24, 2.45) is 0 Å². The first-order chi connectivity index (χ1) is 15.0. The highest BCUT2D eigenvalue weighted by molar-refractivity contribution is 5.95. The van der Waals surface area contributed by atoms with E-state index >= 15 is 0 Å². The summed E-state index contributed by atoms with van der Waals surface area (Å²) in [6.45, 7) is 10.8. The number of morpholine rings is 1. The predicted octanol–water partition coefficient (Wildman–Crippen LogP) is 3.89. The minimum atomic E-state index is -0.0301. The maximum Gasteiger partial charge on any atom is 0.258 e. The highest BCUT2D eigenvalue weighted by atomic mass is 16.5. The Morgan fingerprint density at radius 3 is 2.71 bits per heavy atom. The topological polar surface area (TPSA) is 74.6 Å². The van der Waals surface area contributed by atoms with E-state index in [0.29, 0.717) is 17.9 Å². The highest BCUT2D eigenvalue weighted by Crippen LogP contribution is 2.34. The molecule has 2 saturated heterocycles. The number of aromatic amines is 1. The van der Waals surface area contributed by atoms with Gasteiger partial charge in [0.15, 0.2) is 0 Å². The first kappa shape index (κ1) is 20.3. The molecule has 0 aliphatic carbocycles. The third-order valence-electron chi connectivity index (χ3n) is 6.63. The van der Waals surface area contributed by atoms with Crippen LogP contribution < -0.4 is 0 Å². The van der Waals surface area contributed by atoms with E-state index in [-0.39, 0.29) is 11.9 Å². The van der Waals surface area contributed by atoms with Gasteiger partial charge in [0, 0.05) is 19.6 Å². The maximum atomic E-state index is 13.5. The Labute approximate surface area is 182 Å². The number of H-pyrrole nitrogens is 1. The van der Waals surface area contributed by atoms with Gasteiger partial charge in [-0.25, -0.2) is 4.98 Å². The van der Waals surface area contributed by atoms with Gasteiger partial charge in [-0.15, -0.1) is 0 Å². The van der Waals surface area contributed by atoms with Crippen LogP contribution in [-0.4, -0.2) is 58.5 Å². The number of rotatable bonds is 4. The second-order valence-electron chi connectivity index (χ2n) is 8.80. The second-order valence-corrected chi connectivity index (χ2v) is 8.80. The molecular formula is C24H30N4O3. The maximum absolute atomic E-state index is 13.5. The standard InChI is InChI=1S/C24H30N4O3/c1-15-11-20-21(12-16(15)2)26-23(25-20)22-5-4-6-28(22)24(29)19-13-18(31-17(19)3)14-27-7-9-30-10-8-27/h11-13,22H,4-10,14H2,1-3H3,(H,25,26)/t22-/m1/s1. The number of furan rings is 1. The van der Waals surface area contributed by atoms with Crippen LogP contribution in [0.2, 0.25) is 0 Å². The normalized spacial score (nSPS) is 20.1. The fourth-order valence-electron chi connectivity index (χ4n) is 4.71. The van der Waals surface area contributed by atoms with Crippen molar-refractivity contribution in [2.45, 2.75) is 46.2 Å². The largest absolute Gasteiger partial charge is 0.464 e. The SMILES string of the molecule is Cc1cc2nc([C@H]3CCCN3C(=O)c3cc(CN4CCOCC4)oc3C)[nH]c2cc1C. The Balaban J connectivity index is 1.37. The number of fused-ring (bicyclic) bond motifs is 1. The average Bonchev–Trinajstić information content (AvgIpc) is 3.47. The zero-order valence-corrected chi connectivity index (χ0v) is 18.5. The van der Waals surface area contributed by atoms with E-state index in [1.807, 2.05) is 17.9 Å². The smallest absolute Gasteiger partial charge is 0.258 e. The summed E-state index contributed by atoms with van der Waals surface area (Å²) in [6.07, 6.45) is 1.89. The van der Waals surface area contributed by atoms with Crippen LogP contribution in [0.3, 0.4) is 0 Å². The van der Waals surface area contributed by atoms with Crippen molar-refractivity contribution in [3.63, 3.8) is 0 Å². The van der Waals surface area contributed by atoms with Gasteiger partial charge in [-0.3, -0.25) is 9.69 Å². The van der Waals surface area contributed by atoms with Crippen LogP contribution in [0.1, 0.15) is 57.7 Å². The van der Waals surface area contributed by atoms with Crippen LogP contribution in [0.5, 0.6) is 0 Å². The molecule has 1 atom stereocenters. The fourth-order valence-corrected chi connectivity index (χ4v) is 4.71. The monoisotopic (exact) mass is 422 g/mol. The number of ether oxygens (including phenoxy) is 1. The van der Waals surface area contributed by atoms with Gasteiger partial charge in [0.1, 0.15) is 17.3 Å². The van der Waals surface area contributed by atoms with E-state index < -0.39 is 0 Å². The molecule has 2 aliphatic heterocycles. The Morgan fingerprint density at radius 2 is 1.90 bits per heavy atom. The van der Waals surface area contributed by atoms with Gasteiger partial charge < -0.3 is 19.0 Å². The molecule has 3 aromatic rings. The summed E-state index contributed by atoms with van der Waals surface area (Å²) in [4.78, 5) is 26.0. The molecule has 2 fully saturated rings. The van der Waals surface area contributed by atoms with Gasteiger partial charge in [-0.2, -0.15) is 0 Å². The third-order valence-corrected chi connectivity index (χ3v) is 6.63. The molecule has 0 radical (unpaired) electrons. The van der Waals surface area contributed by atoms with E-state index in [9.17, 15) is 4.79 Å². The summed E-state index contributed by atoms with van der Waals surface area (Å²) in [7, 11) is 0. The highest BCUT2D eigenvalue weighted by Gasteiger charge is 2.34. The molecule has 5 rings (SSSR count). The van der Waals surface area contributed by atoms with Crippen LogP contribution >= 0.6 is 0 Å². The van der Waals surface area contributed by atoms with Crippen molar-refractivity contribution in [3.05, 3.63) is 52.2 Å². The molecule has 7 nitrogen and oxygen atoms in total. The number of hydrogen-bond donors (Lipinski definition) is 1. The van der Waals surface area contributed by atoms with Gasteiger partial charge in [-0.05, 0) is 62.9 Å². The number of aromatic nitrogens is 2. The first-order valence-electron chi connectivity index (χ1n) is 11.2. The van der Waals surface area contributed by atoms with Crippen molar-refractivity contribution in [1.29, 1.82) is 0 Å². The number of nitrogens with one attached hydrogen (secondary N) is 1. The molecule has 4 heterocycles. The van der Waals surface area contributed by atoms with E-state index in [4.69, 9.17) is 14.1 Å². The van der Waals surface area contributed by atoms with Crippen LogP contribution in [-0.2, 0) is 11.3 Å². The van der Waals surface area contributed by atoms with Crippen molar-refractivity contribution in [3.8, 4) is 0 Å². The summed E-state index contributed by atoms with van der Waals surface area (Å²) >= 11 is 0. The molecular weight excluding hydrogens is 392 g/mol. The van der Waals surface area contributed by atoms with E-state index in [1.54, 1.807) is 0 Å². The Hall–Kier alpha value is -2.64. The van der Waals surface area contributed by atoms with E-state index in [0.717, 1.165) is 68.3 Å². The summed E-state index contributed by atoms with van der Waals surface area (Å²) < 4.78 is 11.4. The molecule has 0 saturated carbocycles. The number of likely N-dealkylation sites (tertiary alicyclic amines) is 1. The molecule has 2 aromatic heterocycles. The first-order valence-corrected chi connectivity index (χ1v) is 11.2.